The van der Waals surface area contributed by atoms with Crippen molar-refractivity contribution >= 4 is 6.09 Å². The molecule has 0 spiro atoms. The average molecular weight is 394 g/mol. The Hall–Kier alpha value is -1.89. The van der Waals surface area contributed by atoms with Crippen LogP contribution in [-0.4, -0.2) is 41.3 Å². The Labute approximate surface area is 164 Å². The number of ether oxygens (including phenoxy) is 2. The monoisotopic (exact) mass is 394 g/mol. The van der Waals surface area contributed by atoms with Crippen LogP contribution in [0.15, 0.2) is 6.07 Å². The third-order valence-corrected chi connectivity index (χ3v) is 5.98. The minimum atomic E-state index is -0.556. The summed E-state index contributed by atoms with van der Waals surface area (Å²) in [6, 6.07) is 0.973. The lowest BCUT2D eigenvalue weighted by Gasteiger charge is -2.40. The average Bonchev–Trinajstić information content (AvgIpc) is 2.87. The Balaban J connectivity index is 1.57. The smallest absolute Gasteiger partial charge is 0.410 e. The number of hydrogen-bond donors (Lipinski definition) is 1. The van der Waals surface area contributed by atoms with Crippen LogP contribution < -0.4 is 10.5 Å². The standard InChI is InChI=1S/C21H28F2N2O3/c1-21(2,3)28-20(26)25-13-4-5-14(25)7-11(6-13)15-9-17(22)16-8-12(24)10-27-19(16)18(15)23/h9,11-14H,4-8,10,24H2,1-3H3/t11?,12-,13?,14?/m1/s1. The van der Waals surface area contributed by atoms with Crippen LogP contribution >= 0.6 is 0 Å². The third-order valence-electron chi connectivity index (χ3n) is 5.98. The fourth-order valence-electron chi connectivity index (χ4n) is 4.85. The molecule has 3 heterocycles. The van der Waals surface area contributed by atoms with Crippen molar-refractivity contribution in [2.24, 2.45) is 5.73 Å². The number of carbonyl (C=O) groups is 1. The predicted octanol–water partition coefficient (Wildman–Crippen LogP) is 3.87. The summed E-state index contributed by atoms with van der Waals surface area (Å²) in [5, 5.41) is 0. The highest BCUT2D eigenvalue weighted by Crippen LogP contribution is 2.46. The maximum atomic E-state index is 15.2. The SMILES string of the molecule is CC(C)(C)OC(=O)N1C2CCC1CC(c1cc(F)c3c(c1F)OC[C@H](N)C3)C2. The van der Waals surface area contributed by atoms with Gasteiger partial charge in [-0.25, -0.2) is 13.6 Å². The highest BCUT2D eigenvalue weighted by Gasteiger charge is 2.46. The van der Waals surface area contributed by atoms with Crippen molar-refractivity contribution in [2.45, 2.75) is 82.5 Å². The summed E-state index contributed by atoms with van der Waals surface area (Å²) in [6.45, 7) is 5.72. The number of nitrogens with zero attached hydrogens (tertiary/aromatic N) is 1. The molecule has 0 aliphatic carbocycles. The molecule has 0 aromatic heterocycles. The highest BCUT2D eigenvalue weighted by atomic mass is 19.1. The largest absolute Gasteiger partial charge is 0.488 e. The number of nitrogens with two attached hydrogens (primary N) is 1. The molecule has 3 atom stereocenters. The number of carbonyl (C=O) groups excluding carboxylic acids is 1. The minimum absolute atomic E-state index is 0.00793. The molecule has 0 saturated carbocycles. The van der Waals surface area contributed by atoms with Crippen LogP contribution in [-0.2, 0) is 11.2 Å². The van der Waals surface area contributed by atoms with Gasteiger partial charge in [-0.3, -0.25) is 0 Å². The number of halogens is 2. The molecule has 2 bridgehead atoms. The molecule has 1 amide bonds. The molecule has 2 saturated heterocycles. The topological polar surface area (TPSA) is 64.8 Å². The Kier molecular flexibility index (Phi) is 4.76. The summed E-state index contributed by atoms with van der Waals surface area (Å²) in [7, 11) is 0. The second-order valence-corrected chi connectivity index (χ2v) is 9.29. The first-order valence-electron chi connectivity index (χ1n) is 10.0. The number of piperidine rings is 1. The number of amides is 1. The van der Waals surface area contributed by atoms with E-state index in [4.69, 9.17) is 15.2 Å². The number of fused-ring (bicyclic) bond motifs is 3. The van der Waals surface area contributed by atoms with E-state index >= 15 is 4.39 Å². The molecule has 0 radical (unpaired) electrons. The van der Waals surface area contributed by atoms with Gasteiger partial charge in [-0.05, 0) is 70.4 Å². The fraction of sp³-hybridized carbons (Fsp3) is 0.667. The van der Waals surface area contributed by atoms with Gasteiger partial charge in [0.1, 0.15) is 18.0 Å². The number of benzene rings is 1. The zero-order chi connectivity index (χ0) is 20.2. The van der Waals surface area contributed by atoms with E-state index in [0.717, 1.165) is 12.8 Å². The molecule has 3 aliphatic heterocycles. The molecular formula is C21H28F2N2O3. The van der Waals surface area contributed by atoms with Crippen LogP contribution in [0.4, 0.5) is 13.6 Å². The number of hydrogen-bond acceptors (Lipinski definition) is 4. The molecular weight excluding hydrogens is 366 g/mol. The Bertz CT molecular complexity index is 779. The molecule has 2 N–H and O–H groups in total. The normalized spacial score (nSPS) is 29.3. The van der Waals surface area contributed by atoms with Crippen molar-refractivity contribution in [3.63, 3.8) is 0 Å². The van der Waals surface area contributed by atoms with E-state index < -0.39 is 17.2 Å². The molecule has 2 unspecified atom stereocenters. The summed E-state index contributed by atoms with van der Waals surface area (Å²) in [5.41, 5.74) is 5.85. The van der Waals surface area contributed by atoms with E-state index in [-0.39, 0.29) is 54.5 Å². The van der Waals surface area contributed by atoms with Gasteiger partial charge < -0.3 is 20.1 Å². The van der Waals surface area contributed by atoms with Gasteiger partial charge in [0.05, 0.1) is 0 Å². The third kappa shape index (κ3) is 3.45. The van der Waals surface area contributed by atoms with E-state index in [1.165, 1.54) is 6.07 Å². The maximum absolute atomic E-state index is 15.2. The summed E-state index contributed by atoms with van der Waals surface area (Å²) >= 11 is 0. The van der Waals surface area contributed by atoms with Crippen LogP contribution in [0, 0.1) is 11.6 Å². The van der Waals surface area contributed by atoms with Crippen molar-refractivity contribution in [3.05, 3.63) is 28.8 Å². The molecule has 7 heteroatoms. The molecule has 4 rings (SSSR count). The Morgan fingerprint density at radius 2 is 1.89 bits per heavy atom. The van der Waals surface area contributed by atoms with Gasteiger partial charge in [0, 0.05) is 23.7 Å². The van der Waals surface area contributed by atoms with Crippen molar-refractivity contribution in [3.8, 4) is 5.75 Å². The first-order chi connectivity index (χ1) is 13.1. The van der Waals surface area contributed by atoms with Crippen molar-refractivity contribution in [2.75, 3.05) is 6.61 Å². The van der Waals surface area contributed by atoms with Crippen molar-refractivity contribution in [1.29, 1.82) is 0 Å². The molecule has 3 aliphatic rings. The minimum Gasteiger partial charge on any atom is -0.488 e. The van der Waals surface area contributed by atoms with Crippen molar-refractivity contribution in [1.82, 2.24) is 4.90 Å². The fourth-order valence-corrected chi connectivity index (χ4v) is 4.85. The van der Waals surface area contributed by atoms with Crippen LogP contribution in [0.3, 0.4) is 0 Å². The van der Waals surface area contributed by atoms with Crippen molar-refractivity contribution < 1.29 is 23.0 Å². The molecule has 1 aromatic rings. The summed E-state index contributed by atoms with van der Waals surface area (Å²) in [4.78, 5) is 14.4. The van der Waals surface area contributed by atoms with Crippen LogP contribution in [0.5, 0.6) is 5.75 Å². The van der Waals surface area contributed by atoms with E-state index in [1.54, 1.807) is 0 Å². The van der Waals surface area contributed by atoms with E-state index in [9.17, 15) is 9.18 Å². The second-order valence-electron chi connectivity index (χ2n) is 9.29. The predicted molar refractivity (Wildman–Crippen MR) is 100 cm³/mol. The number of rotatable bonds is 1. The highest BCUT2D eigenvalue weighted by molar-refractivity contribution is 5.69. The van der Waals surface area contributed by atoms with Crippen LogP contribution in [0.2, 0.25) is 0 Å². The zero-order valence-corrected chi connectivity index (χ0v) is 16.6. The van der Waals surface area contributed by atoms with Gasteiger partial charge in [0.25, 0.3) is 0 Å². The van der Waals surface area contributed by atoms with Gasteiger partial charge in [-0.1, -0.05) is 0 Å². The van der Waals surface area contributed by atoms with Gasteiger partial charge >= 0.3 is 6.09 Å². The first-order valence-corrected chi connectivity index (χ1v) is 10.0. The van der Waals surface area contributed by atoms with Gasteiger partial charge in [-0.2, -0.15) is 0 Å². The quantitative estimate of drug-likeness (QED) is 0.785. The summed E-state index contributed by atoms with van der Waals surface area (Å²) in [6.07, 6.45) is 2.89. The second kappa shape index (κ2) is 6.87. The van der Waals surface area contributed by atoms with Gasteiger partial charge in [0.2, 0.25) is 0 Å². The molecule has 1 aromatic carbocycles. The lowest BCUT2D eigenvalue weighted by molar-refractivity contribution is 0.00571. The van der Waals surface area contributed by atoms with Crippen LogP contribution in [0.1, 0.15) is 63.5 Å². The van der Waals surface area contributed by atoms with Crippen LogP contribution in [0.25, 0.3) is 0 Å². The summed E-state index contributed by atoms with van der Waals surface area (Å²) < 4.78 is 40.8. The lowest BCUT2D eigenvalue weighted by Crippen LogP contribution is -2.48. The lowest BCUT2D eigenvalue weighted by atomic mass is 9.83. The first kappa shape index (κ1) is 19.4. The molecule has 5 nitrogen and oxygen atoms in total. The Morgan fingerprint density at radius 3 is 2.50 bits per heavy atom. The Morgan fingerprint density at radius 1 is 1.25 bits per heavy atom. The van der Waals surface area contributed by atoms with E-state index in [2.05, 4.69) is 0 Å². The maximum Gasteiger partial charge on any atom is 0.410 e. The molecule has 28 heavy (non-hydrogen) atoms. The van der Waals surface area contributed by atoms with Gasteiger partial charge in [-0.15, -0.1) is 0 Å². The molecule has 2 fully saturated rings. The summed E-state index contributed by atoms with van der Waals surface area (Å²) in [5.74, 6) is -1.06. The zero-order valence-electron chi connectivity index (χ0n) is 16.6. The van der Waals surface area contributed by atoms with E-state index in [0.29, 0.717) is 18.4 Å². The van der Waals surface area contributed by atoms with E-state index in [1.807, 2.05) is 25.7 Å². The van der Waals surface area contributed by atoms with Gasteiger partial charge in [0.15, 0.2) is 11.6 Å². The molecule has 154 valence electrons.